The molecule has 0 amide bonds. The SMILES string of the molecule is CC(C)(Nc1ncc(-c2ccc3[nH]nc(N)c3c2)cn1)c1ncccc1Cl. The zero-order valence-electron chi connectivity index (χ0n) is 14.9. The van der Waals surface area contributed by atoms with Crippen LogP contribution in [0, 0.1) is 0 Å². The maximum absolute atomic E-state index is 6.27. The third-order valence-corrected chi connectivity index (χ3v) is 4.66. The molecule has 0 saturated heterocycles. The van der Waals surface area contributed by atoms with Crippen molar-refractivity contribution < 1.29 is 0 Å². The summed E-state index contributed by atoms with van der Waals surface area (Å²) in [5, 5.41) is 11.7. The number of anilines is 2. The lowest BCUT2D eigenvalue weighted by Gasteiger charge is -2.26. The fourth-order valence-corrected chi connectivity index (χ4v) is 3.30. The Morgan fingerprint density at radius 3 is 2.59 bits per heavy atom. The van der Waals surface area contributed by atoms with Crippen molar-refractivity contribution in [2.24, 2.45) is 0 Å². The molecule has 0 fully saturated rings. The Hall–Kier alpha value is -3.19. The lowest BCUT2D eigenvalue weighted by atomic mass is 10.00. The summed E-state index contributed by atoms with van der Waals surface area (Å²) in [5.41, 5.74) is 8.84. The lowest BCUT2D eigenvalue weighted by Crippen LogP contribution is -2.30. The fourth-order valence-electron chi connectivity index (χ4n) is 2.94. The molecule has 0 aliphatic rings. The van der Waals surface area contributed by atoms with E-state index in [-0.39, 0.29) is 0 Å². The highest BCUT2D eigenvalue weighted by Gasteiger charge is 2.25. The number of benzene rings is 1. The van der Waals surface area contributed by atoms with Gasteiger partial charge in [-0.05, 0) is 43.7 Å². The summed E-state index contributed by atoms with van der Waals surface area (Å²) < 4.78 is 0. The van der Waals surface area contributed by atoms with Gasteiger partial charge in [-0.2, -0.15) is 5.10 Å². The van der Waals surface area contributed by atoms with Gasteiger partial charge >= 0.3 is 0 Å². The van der Waals surface area contributed by atoms with Crippen LogP contribution >= 0.6 is 11.6 Å². The van der Waals surface area contributed by atoms with E-state index >= 15 is 0 Å². The van der Waals surface area contributed by atoms with Crippen molar-refractivity contribution in [1.29, 1.82) is 0 Å². The summed E-state index contributed by atoms with van der Waals surface area (Å²) in [4.78, 5) is 13.2. The zero-order chi connectivity index (χ0) is 19.0. The number of aromatic amines is 1. The molecular formula is C19H18ClN7. The van der Waals surface area contributed by atoms with E-state index in [0.717, 1.165) is 27.7 Å². The Kier molecular flexibility index (Phi) is 4.16. The Balaban J connectivity index is 1.60. The first-order chi connectivity index (χ1) is 12.9. The molecule has 27 heavy (non-hydrogen) atoms. The Morgan fingerprint density at radius 1 is 1.07 bits per heavy atom. The minimum atomic E-state index is -0.524. The molecule has 1 aromatic carbocycles. The predicted octanol–water partition coefficient (Wildman–Crippen LogP) is 4.00. The number of nitrogens with zero attached hydrogens (tertiary/aromatic N) is 4. The normalized spacial score (nSPS) is 11.7. The van der Waals surface area contributed by atoms with Crippen molar-refractivity contribution in [2.75, 3.05) is 11.1 Å². The zero-order valence-corrected chi connectivity index (χ0v) is 15.6. The van der Waals surface area contributed by atoms with E-state index in [0.29, 0.717) is 16.8 Å². The number of hydrogen-bond acceptors (Lipinski definition) is 6. The topological polar surface area (TPSA) is 105 Å². The van der Waals surface area contributed by atoms with Gasteiger partial charge < -0.3 is 11.1 Å². The van der Waals surface area contributed by atoms with Crippen molar-refractivity contribution in [3.8, 4) is 11.1 Å². The maximum Gasteiger partial charge on any atom is 0.223 e. The van der Waals surface area contributed by atoms with Crippen LogP contribution in [0.3, 0.4) is 0 Å². The number of fused-ring (bicyclic) bond motifs is 1. The molecule has 4 N–H and O–H groups in total. The molecule has 0 radical (unpaired) electrons. The molecule has 0 atom stereocenters. The van der Waals surface area contributed by atoms with Crippen LogP contribution in [0.4, 0.5) is 11.8 Å². The molecule has 4 aromatic rings. The van der Waals surface area contributed by atoms with Gasteiger partial charge in [0.15, 0.2) is 5.82 Å². The van der Waals surface area contributed by atoms with Crippen LogP contribution in [0.25, 0.3) is 22.0 Å². The lowest BCUT2D eigenvalue weighted by molar-refractivity contribution is 0.581. The molecule has 0 aliphatic carbocycles. The van der Waals surface area contributed by atoms with Crippen molar-refractivity contribution in [1.82, 2.24) is 25.1 Å². The Morgan fingerprint density at radius 2 is 1.85 bits per heavy atom. The number of nitrogens with one attached hydrogen (secondary N) is 2. The second kappa shape index (κ2) is 6.51. The average Bonchev–Trinajstić information content (AvgIpc) is 3.03. The summed E-state index contributed by atoms with van der Waals surface area (Å²) in [5.74, 6) is 0.967. The monoisotopic (exact) mass is 379 g/mol. The second-order valence-electron chi connectivity index (χ2n) is 6.75. The van der Waals surface area contributed by atoms with Gasteiger partial charge in [-0.25, -0.2) is 9.97 Å². The van der Waals surface area contributed by atoms with E-state index in [1.54, 1.807) is 24.7 Å². The summed E-state index contributed by atoms with van der Waals surface area (Å²) >= 11 is 6.27. The largest absolute Gasteiger partial charge is 0.382 e. The fraction of sp³-hybridized carbons (Fsp3) is 0.158. The van der Waals surface area contributed by atoms with E-state index in [1.807, 2.05) is 38.1 Å². The third-order valence-electron chi connectivity index (χ3n) is 4.35. The van der Waals surface area contributed by atoms with Gasteiger partial charge in [0, 0.05) is 29.5 Å². The first kappa shape index (κ1) is 17.2. The highest BCUT2D eigenvalue weighted by molar-refractivity contribution is 6.31. The smallest absolute Gasteiger partial charge is 0.223 e. The molecular weight excluding hydrogens is 362 g/mol. The van der Waals surface area contributed by atoms with Crippen molar-refractivity contribution in [3.05, 3.63) is 59.6 Å². The first-order valence-corrected chi connectivity index (χ1v) is 8.77. The summed E-state index contributed by atoms with van der Waals surface area (Å²) in [6.07, 6.45) is 5.25. The van der Waals surface area contributed by atoms with E-state index in [4.69, 9.17) is 17.3 Å². The van der Waals surface area contributed by atoms with Gasteiger partial charge in [-0.15, -0.1) is 0 Å². The molecule has 8 heteroatoms. The average molecular weight is 380 g/mol. The van der Waals surface area contributed by atoms with Gasteiger partial charge in [-0.1, -0.05) is 17.7 Å². The molecule has 3 aromatic heterocycles. The Bertz CT molecular complexity index is 1100. The molecule has 136 valence electrons. The van der Waals surface area contributed by atoms with Crippen LogP contribution in [0.1, 0.15) is 19.5 Å². The highest BCUT2D eigenvalue weighted by Crippen LogP contribution is 2.29. The van der Waals surface area contributed by atoms with Crippen molar-refractivity contribution in [3.63, 3.8) is 0 Å². The molecule has 3 heterocycles. The summed E-state index contributed by atoms with van der Waals surface area (Å²) in [7, 11) is 0. The molecule has 4 rings (SSSR count). The summed E-state index contributed by atoms with van der Waals surface area (Å²) in [6.45, 7) is 3.96. The number of pyridine rings is 1. The van der Waals surface area contributed by atoms with E-state index in [9.17, 15) is 0 Å². The number of rotatable bonds is 4. The van der Waals surface area contributed by atoms with Crippen molar-refractivity contribution >= 4 is 34.3 Å². The standard InChI is InChI=1S/C19H18ClN7/c1-19(2,16-14(20)4-3-7-22-16)25-18-23-9-12(10-24-18)11-5-6-15-13(8-11)17(21)27-26-15/h3-10H,1-2H3,(H3,21,26,27)(H,23,24,25). The molecule has 0 unspecified atom stereocenters. The van der Waals surface area contributed by atoms with Crippen LogP contribution < -0.4 is 11.1 Å². The van der Waals surface area contributed by atoms with Crippen LogP contribution in [-0.2, 0) is 5.54 Å². The third kappa shape index (κ3) is 3.29. The van der Waals surface area contributed by atoms with Gasteiger partial charge in [0.25, 0.3) is 0 Å². The van der Waals surface area contributed by atoms with Gasteiger partial charge in [0.1, 0.15) is 0 Å². The van der Waals surface area contributed by atoms with E-state index in [2.05, 4.69) is 30.5 Å². The minimum absolute atomic E-state index is 0.472. The number of nitrogen functional groups attached to an aromatic ring is 1. The van der Waals surface area contributed by atoms with Crippen LogP contribution in [-0.4, -0.2) is 25.1 Å². The van der Waals surface area contributed by atoms with Gasteiger partial charge in [0.2, 0.25) is 5.95 Å². The van der Waals surface area contributed by atoms with E-state index < -0.39 is 5.54 Å². The predicted molar refractivity (Wildman–Crippen MR) is 107 cm³/mol. The molecule has 0 bridgehead atoms. The summed E-state index contributed by atoms with van der Waals surface area (Å²) in [6, 6.07) is 9.50. The van der Waals surface area contributed by atoms with Gasteiger partial charge in [-0.3, -0.25) is 10.1 Å². The second-order valence-corrected chi connectivity index (χ2v) is 7.16. The van der Waals surface area contributed by atoms with Crippen molar-refractivity contribution in [2.45, 2.75) is 19.4 Å². The Labute approximate surface area is 161 Å². The van der Waals surface area contributed by atoms with Crippen LogP contribution in [0.2, 0.25) is 5.02 Å². The molecule has 7 nitrogen and oxygen atoms in total. The van der Waals surface area contributed by atoms with Crippen LogP contribution in [0.5, 0.6) is 0 Å². The highest BCUT2D eigenvalue weighted by atomic mass is 35.5. The van der Waals surface area contributed by atoms with Gasteiger partial charge in [0.05, 0.1) is 21.8 Å². The quantitative estimate of drug-likeness (QED) is 0.495. The number of nitrogens with two attached hydrogens (primary N) is 1. The van der Waals surface area contributed by atoms with E-state index in [1.165, 1.54) is 0 Å². The maximum atomic E-state index is 6.27. The number of H-pyrrole nitrogens is 1. The minimum Gasteiger partial charge on any atom is -0.382 e. The number of halogens is 1. The van der Waals surface area contributed by atoms with Crippen LogP contribution in [0.15, 0.2) is 48.9 Å². The number of hydrogen-bond donors (Lipinski definition) is 3. The molecule has 0 aliphatic heterocycles. The molecule has 0 spiro atoms. The first-order valence-electron chi connectivity index (χ1n) is 8.39. The molecule has 0 saturated carbocycles. The number of aromatic nitrogens is 5.